The van der Waals surface area contributed by atoms with Crippen LogP contribution in [0.2, 0.25) is 0 Å². The van der Waals surface area contributed by atoms with E-state index < -0.39 is 23.6 Å². The topological polar surface area (TPSA) is 97.4 Å². The van der Waals surface area contributed by atoms with Gasteiger partial charge in [0.2, 0.25) is 5.78 Å². The molecule has 1 aliphatic rings. The fourth-order valence-corrected chi connectivity index (χ4v) is 3.73. The number of nitrogens with zero attached hydrogens (tertiary/aromatic N) is 6. The number of aromatic nitrogens is 5. The summed E-state index contributed by atoms with van der Waals surface area (Å²) in [5.41, 5.74) is -0.0772. The molecule has 0 saturated carbocycles. The average Bonchev–Trinajstić information content (AvgIpc) is 3.41. The highest BCUT2D eigenvalue weighted by molar-refractivity contribution is 6.12. The minimum absolute atomic E-state index is 0.101. The molecule has 1 atom stereocenters. The standard InChI is InChI=1S/C21H16F3N7O2/c1-12-10-30(14-5-3-13(4-6-14)21(22,23)24)19(33)17-15(9-26-31(12)17)27-18(32)16-11-29-8-2-7-25-20(29)28-16/h2-9,11-12H,10H2,1H3,(H,27,32)/t12-/m0/s1. The van der Waals surface area contributed by atoms with Crippen LogP contribution >= 0.6 is 0 Å². The van der Waals surface area contributed by atoms with Gasteiger partial charge in [0.05, 0.1) is 23.5 Å². The number of fused-ring (bicyclic) bond motifs is 2. The Bertz CT molecular complexity index is 1340. The molecule has 2 amide bonds. The monoisotopic (exact) mass is 455 g/mol. The number of nitrogens with one attached hydrogen (secondary N) is 1. The minimum Gasteiger partial charge on any atom is -0.317 e. The summed E-state index contributed by atoms with van der Waals surface area (Å²) in [5.74, 6) is -0.696. The lowest BCUT2D eigenvalue weighted by Crippen LogP contribution is -2.43. The first-order chi connectivity index (χ1) is 15.7. The van der Waals surface area contributed by atoms with Crippen molar-refractivity contribution in [3.8, 4) is 0 Å². The first-order valence-electron chi connectivity index (χ1n) is 9.90. The van der Waals surface area contributed by atoms with E-state index in [-0.39, 0.29) is 29.7 Å². The molecule has 1 aliphatic heterocycles. The molecule has 0 aliphatic carbocycles. The maximum absolute atomic E-state index is 13.2. The van der Waals surface area contributed by atoms with Gasteiger partial charge in [-0.2, -0.15) is 18.3 Å². The summed E-state index contributed by atoms with van der Waals surface area (Å²) in [6, 6.07) is 5.78. The molecule has 0 bridgehead atoms. The van der Waals surface area contributed by atoms with Gasteiger partial charge in [0.1, 0.15) is 5.69 Å². The van der Waals surface area contributed by atoms with E-state index in [0.29, 0.717) is 11.5 Å². The van der Waals surface area contributed by atoms with Crippen molar-refractivity contribution in [2.24, 2.45) is 0 Å². The SMILES string of the molecule is C[C@H]1CN(c2ccc(C(F)(F)F)cc2)C(=O)c2c(NC(=O)c3cn4cccnc4n3)cnn21. The fourth-order valence-electron chi connectivity index (χ4n) is 3.73. The number of carbonyl (C=O) groups is 2. The van der Waals surface area contributed by atoms with Crippen molar-refractivity contribution < 1.29 is 22.8 Å². The third kappa shape index (κ3) is 3.58. The third-order valence-electron chi connectivity index (χ3n) is 5.33. The van der Waals surface area contributed by atoms with Crippen LogP contribution in [0.1, 0.15) is 39.5 Å². The molecule has 12 heteroatoms. The van der Waals surface area contributed by atoms with E-state index in [4.69, 9.17) is 0 Å². The van der Waals surface area contributed by atoms with Crippen LogP contribution in [0.4, 0.5) is 24.5 Å². The van der Waals surface area contributed by atoms with Crippen LogP contribution in [0.3, 0.4) is 0 Å². The molecule has 0 radical (unpaired) electrons. The molecule has 4 heterocycles. The van der Waals surface area contributed by atoms with Gasteiger partial charge in [-0.25, -0.2) is 9.97 Å². The van der Waals surface area contributed by atoms with Gasteiger partial charge in [-0.05, 0) is 37.3 Å². The number of alkyl halides is 3. The second kappa shape index (κ2) is 7.43. The van der Waals surface area contributed by atoms with Crippen LogP contribution in [0.15, 0.2) is 55.1 Å². The van der Waals surface area contributed by atoms with E-state index in [9.17, 15) is 22.8 Å². The molecule has 9 nitrogen and oxygen atoms in total. The molecule has 33 heavy (non-hydrogen) atoms. The van der Waals surface area contributed by atoms with E-state index >= 15 is 0 Å². The Morgan fingerprint density at radius 2 is 1.97 bits per heavy atom. The molecule has 0 unspecified atom stereocenters. The normalized spacial score (nSPS) is 16.2. The van der Waals surface area contributed by atoms with E-state index in [1.807, 2.05) is 6.92 Å². The van der Waals surface area contributed by atoms with E-state index in [0.717, 1.165) is 12.1 Å². The Balaban J connectivity index is 1.44. The van der Waals surface area contributed by atoms with Crippen LogP contribution in [-0.4, -0.2) is 42.5 Å². The maximum atomic E-state index is 13.2. The zero-order chi connectivity index (χ0) is 23.3. The molecule has 1 aromatic carbocycles. The summed E-state index contributed by atoms with van der Waals surface area (Å²) in [6.07, 6.45) is 1.65. The van der Waals surface area contributed by atoms with Crippen molar-refractivity contribution >= 4 is 29.0 Å². The summed E-state index contributed by atoms with van der Waals surface area (Å²) in [4.78, 5) is 35.6. The Hall–Kier alpha value is -4.22. The van der Waals surface area contributed by atoms with Crippen LogP contribution in [0.25, 0.3) is 5.78 Å². The number of carbonyl (C=O) groups excluding carboxylic acids is 2. The van der Waals surface area contributed by atoms with E-state index in [1.165, 1.54) is 34.1 Å². The van der Waals surface area contributed by atoms with Crippen LogP contribution < -0.4 is 10.2 Å². The highest BCUT2D eigenvalue weighted by Crippen LogP contribution is 2.33. The average molecular weight is 455 g/mol. The number of benzene rings is 1. The molecule has 0 saturated heterocycles. The van der Waals surface area contributed by atoms with Crippen molar-refractivity contribution in [1.29, 1.82) is 0 Å². The lowest BCUT2D eigenvalue weighted by Gasteiger charge is -2.32. The second-order valence-electron chi connectivity index (χ2n) is 7.57. The quantitative estimate of drug-likeness (QED) is 0.511. The van der Waals surface area contributed by atoms with Crippen LogP contribution in [0, 0.1) is 0 Å². The lowest BCUT2D eigenvalue weighted by molar-refractivity contribution is -0.137. The van der Waals surface area contributed by atoms with Crippen molar-refractivity contribution in [3.63, 3.8) is 0 Å². The summed E-state index contributed by atoms with van der Waals surface area (Å²) in [7, 11) is 0. The van der Waals surface area contributed by atoms with Crippen molar-refractivity contribution in [1.82, 2.24) is 24.1 Å². The Kier molecular flexibility index (Phi) is 4.65. The highest BCUT2D eigenvalue weighted by Gasteiger charge is 2.35. The molecule has 0 fully saturated rings. The number of halogens is 3. The van der Waals surface area contributed by atoms with Gasteiger partial charge in [0.15, 0.2) is 5.69 Å². The minimum atomic E-state index is -4.47. The molecular weight excluding hydrogens is 439 g/mol. The molecule has 0 spiro atoms. The molecule has 5 rings (SSSR count). The second-order valence-corrected chi connectivity index (χ2v) is 7.57. The van der Waals surface area contributed by atoms with Gasteiger partial charge in [-0.15, -0.1) is 0 Å². The predicted octanol–water partition coefficient (Wildman–Crippen LogP) is 3.42. The Labute approximate surface area is 184 Å². The summed E-state index contributed by atoms with van der Waals surface area (Å²) in [6.45, 7) is 2.03. The van der Waals surface area contributed by atoms with E-state index in [2.05, 4.69) is 20.4 Å². The number of hydrogen-bond donors (Lipinski definition) is 1. The lowest BCUT2D eigenvalue weighted by atomic mass is 10.1. The van der Waals surface area contributed by atoms with Gasteiger partial charge in [0, 0.05) is 30.8 Å². The van der Waals surface area contributed by atoms with Gasteiger partial charge < -0.3 is 10.2 Å². The molecule has 168 valence electrons. The Morgan fingerprint density at radius 3 is 2.67 bits per heavy atom. The van der Waals surface area contributed by atoms with Crippen LogP contribution in [-0.2, 0) is 6.18 Å². The first-order valence-corrected chi connectivity index (χ1v) is 9.90. The molecule has 3 aromatic heterocycles. The smallest absolute Gasteiger partial charge is 0.317 e. The van der Waals surface area contributed by atoms with E-state index in [1.54, 1.807) is 22.9 Å². The van der Waals surface area contributed by atoms with Crippen molar-refractivity contribution in [2.75, 3.05) is 16.8 Å². The van der Waals surface area contributed by atoms with Gasteiger partial charge in [-0.1, -0.05) is 0 Å². The predicted molar refractivity (Wildman–Crippen MR) is 111 cm³/mol. The number of hydrogen-bond acceptors (Lipinski definition) is 5. The number of anilines is 2. The van der Waals surface area contributed by atoms with Gasteiger partial charge >= 0.3 is 6.18 Å². The largest absolute Gasteiger partial charge is 0.416 e. The van der Waals surface area contributed by atoms with Gasteiger partial charge in [0.25, 0.3) is 11.8 Å². The summed E-state index contributed by atoms with van der Waals surface area (Å²) < 4.78 is 41.8. The number of rotatable bonds is 3. The maximum Gasteiger partial charge on any atom is 0.416 e. The first kappa shape index (κ1) is 20.7. The molecule has 1 N–H and O–H groups in total. The third-order valence-corrected chi connectivity index (χ3v) is 5.33. The number of amides is 2. The van der Waals surface area contributed by atoms with Crippen molar-refractivity contribution in [3.05, 3.63) is 72.1 Å². The zero-order valence-corrected chi connectivity index (χ0v) is 17.1. The highest BCUT2D eigenvalue weighted by atomic mass is 19.4. The summed E-state index contributed by atoms with van der Waals surface area (Å²) in [5, 5.41) is 6.88. The molecule has 4 aromatic rings. The zero-order valence-electron chi connectivity index (χ0n) is 17.1. The fraction of sp³-hybridized carbons (Fsp3) is 0.190. The van der Waals surface area contributed by atoms with Crippen LogP contribution in [0.5, 0.6) is 0 Å². The molecular formula is C21H16F3N7O2. The van der Waals surface area contributed by atoms with Gasteiger partial charge in [-0.3, -0.25) is 18.7 Å². The number of imidazole rings is 1. The Morgan fingerprint density at radius 1 is 1.21 bits per heavy atom. The van der Waals surface area contributed by atoms with Crippen molar-refractivity contribution in [2.45, 2.75) is 19.1 Å². The summed E-state index contributed by atoms with van der Waals surface area (Å²) >= 11 is 0.